The third-order valence-corrected chi connectivity index (χ3v) is 5.52. The van der Waals surface area contributed by atoms with E-state index in [0.717, 1.165) is 25.0 Å². The van der Waals surface area contributed by atoms with Crippen molar-refractivity contribution in [2.45, 2.75) is 25.5 Å². The number of ether oxygens (including phenoxy) is 3. The molecule has 3 aliphatic heterocycles. The van der Waals surface area contributed by atoms with Crippen LogP contribution < -0.4 is 14.8 Å². The van der Waals surface area contributed by atoms with E-state index >= 15 is 0 Å². The van der Waals surface area contributed by atoms with Crippen molar-refractivity contribution in [3.63, 3.8) is 0 Å². The van der Waals surface area contributed by atoms with Gasteiger partial charge in [-0.1, -0.05) is 6.07 Å². The minimum Gasteiger partial charge on any atom is -0.454 e. The lowest BCUT2D eigenvalue weighted by Gasteiger charge is -2.14. The van der Waals surface area contributed by atoms with Crippen molar-refractivity contribution in [1.29, 1.82) is 0 Å². The lowest BCUT2D eigenvalue weighted by atomic mass is 10.1. The van der Waals surface area contributed by atoms with E-state index < -0.39 is 5.91 Å². The molecule has 3 aliphatic rings. The molecule has 0 radical (unpaired) electrons. The van der Waals surface area contributed by atoms with Gasteiger partial charge in [-0.15, -0.1) is 0 Å². The quantitative estimate of drug-likeness (QED) is 0.762. The molecular weight excluding hydrogens is 388 g/mol. The Kier molecular flexibility index (Phi) is 4.63. The summed E-state index contributed by atoms with van der Waals surface area (Å²) in [6.45, 7) is 1.42. The molecule has 8 nitrogen and oxygen atoms in total. The average Bonchev–Trinajstić information content (AvgIpc) is 3.49. The van der Waals surface area contributed by atoms with Crippen molar-refractivity contribution in [2.24, 2.45) is 0 Å². The van der Waals surface area contributed by atoms with Gasteiger partial charge in [0.2, 0.25) is 6.79 Å². The molecule has 2 aromatic rings. The second-order valence-corrected chi connectivity index (χ2v) is 7.49. The van der Waals surface area contributed by atoms with Crippen LogP contribution in [0.2, 0.25) is 0 Å². The van der Waals surface area contributed by atoms with E-state index in [4.69, 9.17) is 14.2 Å². The Morgan fingerprint density at radius 2 is 1.87 bits per heavy atom. The maximum Gasteiger partial charge on any atom is 0.261 e. The minimum atomic E-state index is -0.415. The van der Waals surface area contributed by atoms with Crippen LogP contribution in [0, 0.1) is 0 Å². The van der Waals surface area contributed by atoms with Gasteiger partial charge in [0.1, 0.15) is 0 Å². The predicted molar refractivity (Wildman–Crippen MR) is 105 cm³/mol. The van der Waals surface area contributed by atoms with Gasteiger partial charge in [-0.25, -0.2) is 0 Å². The van der Waals surface area contributed by atoms with Crippen LogP contribution in [-0.4, -0.2) is 48.7 Å². The molecular formula is C22H20N2O6. The maximum absolute atomic E-state index is 12.9. The Morgan fingerprint density at radius 3 is 2.70 bits per heavy atom. The molecule has 0 spiro atoms. The second-order valence-electron chi connectivity index (χ2n) is 7.49. The summed E-state index contributed by atoms with van der Waals surface area (Å²) in [5.41, 5.74) is 1.64. The van der Waals surface area contributed by atoms with Crippen LogP contribution in [0.5, 0.6) is 11.5 Å². The zero-order chi connectivity index (χ0) is 20.7. The highest BCUT2D eigenvalue weighted by Crippen LogP contribution is 2.34. The number of carbonyl (C=O) groups excluding carboxylic acids is 3. The van der Waals surface area contributed by atoms with E-state index in [0.29, 0.717) is 29.2 Å². The highest BCUT2D eigenvalue weighted by atomic mass is 16.7. The summed E-state index contributed by atoms with van der Waals surface area (Å²) in [6, 6.07) is 9.90. The van der Waals surface area contributed by atoms with E-state index in [1.54, 1.807) is 24.3 Å². The number of imide groups is 1. The largest absolute Gasteiger partial charge is 0.454 e. The zero-order valence-electron chi connectivity index (χ0n) is 16.2. The Bertz CT molecular complexity index is 1040. The molecule has 1 N–H and O–H groups in total. The molecule has 0 bridgehead atoms. The van der Waals surface area contributed by atoms with Crippen molar-refractivity contribution < 1.29 is 28.6 Å². The molecule has 0 saturated carbocycles. The number of rotatable bonds is 5. The lowest BCUT2D eigenvalue weighted by Crippen LogP contribution is -2.31. The van der Waals surface area contributed by atoms with Crippen molar-refractivity contribution in [3.8, 4) is 11.5 Å². The van der Waals surface area contributed by atoms with Crippen molar-refractivity contribution in [1.82, 2.24) is 10.2 Å². The van der Waals surface area contributed by atoms with E-state index in [1.807, 2.05) is 0 Å². The van der Waals surface area contributed by atoms with Gasteiger partial charge in [0.25, 0.3) is 17.7 Å². The topological polar surface area (TPSA) is 94.2 Å². The standard InChI is InChI=1S/C22H20N2O6/c25-20(23-10-15-2-1-7-28-15)14-4-5-16-17(9-14)22(27)24(21(16)26)11-13-3-6-18-19(8-13)30-12-29-18/h3-6,8-9,15H,1-2,7,10-12H2,(H,23,25)/t15-/m0/s1. The van der Waals surface area contributed by atoms with Crippen LogP contribution in [0.1, 0.15) is 49.5 Å². The van der Waals surface area contributed by atoms with Crippen LogP contribution in [0.25, 0.3) is 0 Å². The number of fused-ring (bicyclic) bond motifs is 2. The lowest BCUT2D eigenvalue weighted by molar-refractivity contribution is 0.0642. The fourth-order valence-electron chi connectivity index (χ4n) is 3.91. The number of carbonyl (C=O) groups is 3. The van der Waals surface area contributed by atoms with Crippen molar-refractivity contribution in [2.75, 3.05) is 19.9 Å². The summed E-state index contributed by atoms with van der Waals surface area (Å²) in [5.74, 6) is 0.150. The monoisotopic (exact) mass is 408 g/mol. The predicted octanol–water partition coefficient (Wildman–Crippen LogP) is 2.12. The van der Waals surface area contributed by atoms with Gasteiger partial charge in [-0.3, -0.25) is 19.3 Å². The summed E-state index contributed by atoms with van der Waals surface area (Å²) >= 11 is 0. The van der Waals surface area contributed by atoms with Gasteiger partial charge >= 0.3 is 0 Å². The number of nitrogens with one attached hydrogen (secondary N) is 1. The van der Waals surface area contributed by atoms with Crippen LogP contribution in [0.3, 0.4) is 0 Å². The van der Waals surface area contributed by atoms with Gasteiger partial charge in [-0.2, -0.15) is 0 Å². The molecule has 154 valence electrons. The van der Waals surface area contributed by atoms with Crippen LogP contribution in [0.15, 0.2) is 36.4 Å². The smallest absolute Gasteiger partial charge is 0.261 e. The molecule has 3 heterocycles. The first-order chi connectivity index (χ1) is 14.6. The van der Waals surface area contributed by atoms with E-state index in [1.165, 1.54) is 17.0 Å². The molecule has 0 unspecified atom stereocenters. The normalized spacial score (nSPS) is 19.3. The van der Waals surface area contributed by atoms with Crippen LogP contribution in [0.4, 0.5) is 0 Å². The molecule has 8 heteroatoms. The summed E-state index contributed by atoms with van der Waals surface area (Å²) in [7, 11) is 0. The van der Waals surface area contributed by atoms with Gasteiger partial charge in [0.05, 0.1) is 23.8 Å². The highest BCUT2D eigenvalue weighted by molar-refractivity contribution is 6.22. The third-order valence-electron chi connectivity index (χ3n) is 5.52. The van der Waals surface area contributed by atoms with Gasteiger partial charge in [-0.05, 0) is 48.7 Å². The number of amides is 3. The molecule has 30 heavy (non-hydrogen) atoms. The molecule has 3 amide bonds. The number of nitrogens with zero attached hydrogens (tertiary/aromatic N) is 1. The van der Waals surface area contributed by atoms with E-state index in [2.05, 4.69) is 5.32 Å². The SMILES string of the molecule is O=C(NC[C@@H]1CCCO1)c1ccc2c(c1)C(=O)N(Cc1ccc3c(c1)OCO3)C2=O. The molecule has 1 fully saturated rings. The summed E-state index contributed by atoms with van der Waals surface area (Å²) < 4.78 is 16.2. The maximum atomic E-state index is 12.9. The minimum absolute atomic E-state index is 0.0313. The number of hydrogen-bond acceptors (Lipinski definition) is 6. The van der Waals surface area contributed by atoms with Gasteiger partial charge < -0.3 is 19.5 Å². The zero-order valence-corrected chi connectivity index (χ0v) is 16.2. The van der Waals surface area contributed by atoms with Crippen molar-refractivity contribution >= 4 is 17.7 Å². The van der Waals surface area contributed by atoms with E-state index in [9.17, 15) is 14.4 Å². The van der Waals surface area contributed by atoms with Crippen molar-refractivity contribution in [3.05, 3.63) is 58.7 Å². The molecule has 0 aromatic heterocycles. The first-order valence-electron chi connectivity index (χ1n) is 9.89. The Labute approximate surface area is 172 Å². The van der Waals surface area contributed by atoms with Crippen LogP contribution >= 0.6 is 0 Å². The molecule has 0 aliphatic carbocycles. The third kappa shape index (κ3) is 3.29. The molecule has 1 saturated heterocycles. The number of benzene rings is 2. The highest BCUT2D eigenvalue weighted by Gasteiger charge is 2.36. The van der Waals surface area contributed by atoms with Gasteiger partial charge in [0, 0.05) is 18.7 Å². The summed E-state index contributed by atoms with van der Waals surface area (Å²) in [6.07, 6.45) is 1.95. The average molecular weight is 408 g/mol. The Hall–Kier alpha value is -3.39. The Balaban J connectivity index is 1.31. The Morgan fingerprint density at radius 1 is 1.03 bits per heavy atom. The van der Waals surface area contributed by atoms with E-state index in [-0.39, 0.29) is 36.8 Å². The first kappa shape index (κ1) is 18.6. The second kappa shape index (κ2) is 7.46. The first-order valence-corrected chi connectivity index (χ1v) is 9.89. The summed E-state index contributed by atoms with van der Waals surface area (Å²) in [5, 5.41) is 2.83. The fraction of sp³-hybridized carbons (Fsp3) is 0.318. The summed E-state index contributed by atoms with van der Waals surface area (Å²) in [4.78, 5) is 39.3. The van der Waals surface area contributed by atoms with Crippen LogP contribution in [-0.2, 0) is 11.3 Å². The van der Waals surface area contributed by atoms with Gasteiger partial charge in [0.15, 0.2) is 11.5 Å². The molecule has 5 rings (SSSR count). The fourth-order valence-corrected chi connectivity index (χ4v) is 3.91. The number of hydrogen-bond donors (Lipinski definition) is 1. The molecule has 1 atom stereocenters. The molecule has 2 aromatic carbocycles.